The number of carbonyl (C=O) groups is 1. The van der Waals surface area contributed by atoms with Crippen molar-refractivity contribution < 1.29 is 24.2 Å². The summed E-state index contributed by atoms with van der Waals surface area (Å²) in [5.41, 5.74) is 6.78. The second-order valence-electron chi connectivity index (χ2n) is 10.4. The van der Waals surface area contributed by atoms with Crippen LogP contribution in [-0.2, 0) is 34.1 Å². The number of rotatable bonds is 13. The Hall–Kier alpha value is -3.86. The summed E-state index contributed by atoms with van der Waals surface area (Å²) in [6, 6.07) is 28.6. The highest BCUT2D eigenvalue weighted by Gasteiger charge is 2.36. The summed E-state index contributed by atoms with van der Waals surface area (Å²) in [4.78, 5) is 28.0. The predicted octanol–water partition coefficient (Wildman–Crippen LogP) is 3.56. The summed E-state index contributed by atoms with van der Waals surface area (Å²) in [6.45, 7) is 3.93. The Morgan fingerprint density at radius 2 is 1.64 bits per heavy atom. The van der Waals surface area contributed by atoms with Gasteiger partial charge in [0.25, 0.3) is 0 Å². The van der Waals surface area contributed by atoms with Gasteiger partial charge in [-0.1, -0.05) is 66.7 Å². The molecule has 2 N–H and O–H groups in total. The first-order chi connectivity index (χ1) is 20.6. The van der Waals surface area contributed by atoms with E-state index in [1.165, 1.54) is 0 Å². The minimum absolute atomic E-state index is 0.0670. The summed E-state index contributed by atoms with van der Waals surface area (Å²) in [5.74, 6) is 0.315. The van der Waals surface area contributed by atoms with Crippen molar-refractivity contribution in [3.8, 4) is 5.75 Å². The van der Waals surface area contributed by atoms with Crippen molar-refractivity contribution >= 4 is 16.9 Å². The maximum absolute atomic E-state index is 13.3. The van der Waals surface area contributed by atoms with Crippen molar-refractivity contribution in [2.24, 2.45) is 0 Å². The highest BCUT2D eigenvalue weighted by Crippen LogP contribution is 2.17. The van der Waals surface area contributed by atoms with Gasteiger partial charge in [0, 0.05) is 44.7 Å². The van der Waals surface area contributed by atoms with E-state index < -0.39 is 18.1 Å². The number of methoxy groups -OCH3 is 1. The Balaban J connectivity index is 1.17. The first-order valence-corrected chi connectivity index (χ1v) is 14.3. The smallest absolute Gasteiger partial charge is 0.326 e. The van der Waals surface area contributed by atoms with E-state index in [0.717, 1.165) is 53.1 Å². The molecule has 9 heteroatoms. The molecule has 220 valence electrons. The van der Waals surface area contributed by atoms with Gasteiger partial charge >= 0.3 is 5.97 Å². The lowest BCUT2D eigenvalue weighted by atomic mass is 10.1. The lowest BCUT2D eigenvalue weighted by Gasteiger charge is -2.39. The van der Waals surface area contributed by atoms with Crippen molar-refractivity contribution in [2.75, 3.05) is 39.9 Å². The number of piperazine rings is 1. The maximum Gasteiger partial charge on any atom is 0.326 e. The first kappa shape index (κ1) is 29.6. The molecule has 3 aromatic carbocycles. The van der Waals surface area contributed by atoms with Crippen LogP contribution in [0.4, 0.5) is 0 Å². The topological polar surface area (TPSA) is 96.4 Å². The summed E-state index contributed by atoms with van der Waals surface area (Å²) in [7, 11) is 1.63. The summed E-state index contributed by atoms with van der Waals surface area (Å²) in [6.07, 6.45) is -1.08. The van der Waals surface area contributed by atoms with Gasteiger partial charge in [-0.15, -0.1) is 0 Å². The third kappa shape index (κ3) is 8.12. The minimum Gasteiger partial charge on any atom is -0.497 e. The molecule has 0 amide bonds. The molecule has 1 aromatic heterocycles. The SMILES string of the molecule is COc1ccc(CNOCC(O)C(C(=O)OCc2ccccc2)N2CCN(Cc3ccc4ccccc4n3)CC2)cc1. The van der Waals surface area contributed by atoms with Crippen LogP contribution in [0.25, 0.3) is 10.9 Å². The van der Waals surface area contributed by atoms with Crippen molar-refractivity contribution in [1.29, 1.82) is 0 Å². The Bertz CT molecular complexity index is 1410. The van der Waals surface area contributed by atoms with Crippen molar-refractivity contribution in [2.45, 2.75) is 31.8 Å². The van der Waals surface area contributed by atoms with Crippen LogP contribution < -0.4 is 10.2 Å². The number of pyridine rings is 1. The van der Waals surface area contributed by atoms with Crippen LogP contribution in [0.1, 0.15) is 16.8 Å². The number of ether oxygens (including phenoxy) is 2. The number of hydroxylamine groups is 1. The number of nitrogens with zero attached hydrogens (tertiary/aromatic N) is 3. The van der Waals surface area contributed by atoms with E-state index in [0.29, 0.717) is 19.6 Å². The second kappa shape index (κ2) is 14.9. The zero-order valence-electron chi connectivity index (χ0n) is 23.9. The highest BCUT2D eigenvalue weighted by atomic mass is 16.6. The molecule has 42 heavy (non-hydrogen) atoms. The lowest BCUT2D eigenvalue weighted by Crippen LogP contribution is -2.57. The predicted molar refractivity (Wildman–Crippen MR) is 160 cm³/mol. The third-order valence-electron chi connectivity index (χ3n) is 7.46. The molecule has 4 aromatic rings. The number of aliphatic hydroxyl groups is 1. The van der Waals surface area contributed by atoms with Gasteiger partial charge in [-0.2, -0.15) is 5.48 Å². The largest absolute Gasteiger partial charge is 0.497 e. The average molecular weight is 571 g/mol. The number of aromatic nitrogens is 1. The summed E-state index contributed by atoms with van der Waals surface area (Å²) < 4.78 is 10.9. The second-order valence-corrected chi connectivity index (χ2v) is 10.4. The number of nitrogens with one attached hydrogen (secondary N) is 1. The number of fused-ring (bicyclic) bond motifs is 1. The van der Waals surface area contributed by atoms with Crippen LogP contribution in [0, 0.1) is 0 Å². The van der Waals surface area contributed by atoms with Crippen LogP contribution >= 0.6 is 0 Å². The van der Waals surface area contributed by atoms with Gasteiger partial charge in [-0.05, 0) is 35.4 Å². The van der Waals surface area contributed by atoms with Gasteiger partial charge in [0.1, 0.15) is 24.5 Å². The van der Waals surface area contributed by atoms with Crippen LogP contribution in [0.3, 0.4) is 0 Å². The highest BCUT2D eigenvalue weighted by molar-refractivity contribution is 5.78. The summed E-state index contributed by atoms with van der Waals surface area (Å²) >= 11 is 0. The fraction of sp³-hybridized carbons (Fsp3) is 0.333. The molecular weight excluding hydrogens is 532 g/mol. The molecule has 2 unspecified atom stereocenters. The van der Waals surface area contributed by atoms with Gasteiger partial charge in [-0.25, -0.2) is 0 Å². The Labute approximate surface area is 246 Å². The van der Waals surface area contributed by atoms with E-state index in [1.807, 2.05) is 77.7 Å². The van der Waals surface area contributed by atoms with Gasteiger partial charge in [0.2, 0.25) is 0 Å². The first-order valence-electron chi connectivity index (χ1n) is 14.3. The standard InChI is InChI=1S/C33H38N4O5/c1-40-29-15-11-25(12-16-29)21-34-42-24-31(38)32(33(39)41-23-26-7-3-2-4-8-26)37-19-17-36(18-20-37)22-28-14-13-27-9-5-6-10-30(27)35-28/h2-16,31-32,34,38H,17-24H2,1H3. The van der Waals surface area contributed by atoms with Gasteiger partial charge in [0.15, 0.2) is 0 Å². The molecule has 1 saturated heterocycles. The van der Waals surface area contributed by atoms with E-state index in [4.69, 9.17) is 19.3 Å². The number of esters is 1. The molecule has 1 fully saturated rings. The Morgan fingerprint density at radius 3 is 2.40 bits per heavy atom. The van der Waals surface area contributed by atoms with Gasteiger partial charge in [0.05, 0.1) is 24.9 Å². The van der Waals surface area contributed by atoms with E-state index >= 15 is 0 Å². The van der Waals surface area contributed by atoms with Gasteiger partial charge < -0.3 is 14.6 Å². The molecular formula is C33H38N4O5. The Morgan fingerprint density at radius 1 is 0.905 bits per heavy atom. The number of aliphatic hydroxyl groups excluding tert-OH is 1. The van der Waals surface area contributed by atoms with E-state index in [9.17, 15) is 9.90 Å². The van der Waals surface area contributed by atoms with Crippen LogP contribution in [0.5, 0.6) is 5.75 Å². The third-order valence-corrected chi connectivity index (χ3v) is 7.46. The fourth-order valence-corrected chi connectivity index (χ4v) is 5.10. The number of carbonyl (C=O) groups excluding carboxylic acids is 1. The molecule has 0 aliphatic carbocycles. The van der Waals surface area contributed by atoms with Crippen LogP contribution in [-0.4, -0.2) is 77.9 Å². The zero-order valence-corrected chi connectivity index (χ0v) is 23.9. The Kier molecular flexibility index (Phi) is 10.5. The molecule has 5 rings (SSSR count). The number of hydrogen-bond donors (Lipinski definition) is 2. The van der Waals surface area contributed by atoms with Crippen molar-refractivity contribution in [1.82, 2.24) is 20.3 Å². The molecule has 0 radical (unpaired) electrons. The molecule has 2 heterocycles. The molecule has 0 saturated carbocycles. The average Bonchev–Trinajstić information content (AvgIpc) is 3.04. The molecule has 1 aliphatic heterocycles. The summed E-state index contributed by atoms with van der Waals surface area (Å²) in [5, 5.41) is 12.3. The molecule has 0 spiro atoms. The molecule has 9 nitrogen and oxygen atoms in total. The van der Waals surface area contributed by atoms with E-state index in [-0.39, 0.29) is 13.2 Å². The quantitative estimate of drug-likeness (QED) is 0.142. The minimum atomic E-state index is -1.08. The number of para-hydroxylation sites is 1. The number of hydrogen-bond acceptors (Lipinski definition) is 9. The monoisotopic (exact) mass is 570 g/mol. The normalized spacial score (nSPS) is 15.8. The zero-order chi connectivity index (χ0) is 29.1. The lowest BCUT2D eigenvalue weighted by molar-refractivity contribution is -0.160. The van der Waals surface area contributed by atoms with Crippen LogP contribution in [0.2, 0.25) is 0 Å². The maximum atomic E-state index is 13.3. The fourth-order valence-electron chi connectivity index (χ4n) is 5.10. The molecule has 0 bridgehead atoms. The van der Waals surface area contributed by atoms with Gasteiger partial charge in [-0.3, -0.25) is 24.4 Å². The van der Waals surface area contributed by atoms with E-state index in [2.05, 4.69) is 28.6 Å². The van der Waals surface area contributed by atoms with Crippen LogP contribution in [0.15, 0.2) is 91.0 Å². The van der Waals surface area contributed by atoms with E-state index in [1.54, 1.807) is 7.11 Å². The number of benzene rings is 3. The molecule has 2 atom stereocenters. The molecule has 1 aliphatic rings. The van der Waals surface area contributed by atoms with Crippen molar-refractivity contribution in [3.63, 3.8) is 0 Å². The van der Waals surface area contributed by atoms with Crippen molar-refractivity contribution in [3.05, 3.63) is 108 Å².